The summed E-state index contributed by atoms with van der Waals surface area (Å²) in [5.41, 5.74) is 2.84. The van der Waals surface area contributed by atoms with Crippen molar-refractivity contribution in [2.75, 3.05) is 0 Å². The molecule has 162 valence electrons. The van der Waals surface area contributed by atoms with E-state index in [9.17, 15) is 10.4 Å². The number of benzene rings is 3. The van der Waals surface area contributed by atoms with E-state index >= 15 is 0 Å². The Hall–Kier alpha value is -3.13. The summed E-state index contributed by atoms with van der Waals surface area (Å²) >= 11 is 0. The standard InChI is InChI=1S/C28H28N2O2/c29-18-23-11-12-24(15-27(23)32-20-22-9-5-2-6-10-22)28(31)16-25-13-14-26(17-28)30(25)19-21-7-3-1-4-8-21/h1-12,15,25-26,31H,13-14,16-17,19-20H2. The van der Waals surface area contributed by atoms with Crippen molar-refractivity contribution in [2.45, 2.75) is 56.5 Å². The fourth-order valence-electron chi connectivity index (χ4n) is 5.36. The minimum atomic E-state index is -0.891. The Balaban J connectivity index is 1.35. The van der Waals surface area contributed by atoms with Crippen LogP contribution in [0.15, 0.2) is 78.9 Å². The molecule has 1 N–H and O–H groups in total. The zero-order valence-electron chi connectivity index (χ0n) is 18.2. The van der Waals surface area contributed by atoms with E-state index in [4.69, 9.17) is 4.74 Å². The zero-order chi connectivity index (χ0) is 22.0. The molecule has 2 fully saturated rings. The highest BCUT2D eigenvalue weighted by Gasteiger charge is 2.48. The highest BCUT2D eigenvalue weighted by Crippen LogP contribution is 2.47. The van der Waals surface area contributed by atoms with Crippen LogP contribution in [0.5, 0.6) is 5.75 Å². The summed E-state index contributed by atoms with van der Waals surface area (Å²) in [5.74, 6) is 0.543. The third kappa shape index (κ3) is 4.14. The molecule has 2 bridgehead atoms. The van der Waals surface area contributed by atoms with Gasteiger partial charge in [-0.25, -0.2) is 0 Å². The van der Waals surface area contributed by atoms with Crippen LogP contribution < -0.4 is 4.74 Å². The molecule has 0 spiro atoms. The molecule has 2 heterocycles. The van der Waals surface area contributed by atoms with Gasteiger partial charge in [0, 0.05) is 18.6 Å². The molecule has 0 amide bonds. The SMILES string of the molecule is N#Cc1ccc(C2(O)CC3CCC(C2)N3Cc2ccccc2)cc1OCc1ccccc1. The fourth-order valence-corrected chi connectivity index (χ4v) is 5.36. The summed E-state index contributed by atoms with van der Waals surface area (Å²) in [6.45, 7) is 1.33. The average molecular weight is 425 g/mol. The Morgan fingerprint density at radius 3 is 2.16 bits per heavy atom. The van der Waals surface area contributed by atoms with Crippen LogP contribution >= 0.6 is 0 Å². The molecule has 5 rings (SSSR count). The van der Waals surface area contributed by atoms with Crippen LogP contribution in [0.4, 0.5) is 0 Å². The first-order valence-corrected chi connectivity index (χ1v) is 11.4. The van der Waals surface area contributed by atoms with Gasteiger partial charge in [0.05, 0.1) is 11.2 Å². The number of piperidine rings is 1. The van der Waals surface area contributed by atoms with E-state index in [0.717, 1.165) is 30.5 Å². The van der Waals surface area contributed by atoms with Crippen molar-refractivity contribution in [3.8, 4) is 11.8 Å². The normalized spacial score (nSPS) is 24.8. The largest absolute Gasteiger partial charge is 0.488 e. The summed E-state index contributed by atoms with van der Waals surface area (Å²) in [5, 5.41) is 21.3. The molecule has 3 aromatic carbocycles. The first kappa shape index (κ1) is 20.8. The van der Waals surface area contributed by atoms with Crippen molar-refractivity contribution in [3.63, 3.8) is 0 Å². The first-order chi connectivity index (χ1) is 15.6. The summed E-state index contributed by atoms with van der Waals surface area (Å²) < 4.78 is 6.02. The number of hydrogen-bond donors (Lipinski definition) is 1. The third-order valence-electron chi connectivity index (χ3n) is 7.00. The monoisotopic (exact) mass is 424 g/mol. The Kier molecular flexibility index (Phi) is 5.70. The lowest BCUT2D eigenvalue weighted by Gasteiger charge is -2.44. The van der Waals surface area contributed by atoms with Crippen LogP contribution in [0.1, 0.15) is 47.9 Å². The van der Waals surface area contributed by atoms with Crippen molar-refractivity contribution in [2.24, 2.45) is 0 Å². The molecule has 0 aliphatic carbocycles. The lowest BCUT2D eigenvalue weighted by Crippen LogP contribution is -2.49. The number of rotatable bonds is 6. The molecule has 0 radical (unpaired) electrons. The molecule has 0 saturated carbocycles. The predicted octanol–water partition coefficient (Wildman–Crippen LogP) is 5.15. The molecule has 2 aliphatic rings. The molecule has 4 nitrogen and oxygen atoms in total. The quantitative estimate of drug-likeness (QED) is 0.594. The highest BCUT2D eigenvalue weighted by molar-refractivity contribution is 5.47. The summed E-state index contributed by atoms with van der Waals surface area (Å²) in [7, 11) is 0. The second-order valence-electron chi connectivity index (χ2n) is 9.08. The molecule has 0 aromatic heterocycles. The van der Waals surface area contributed by atoms with Crippen molar-refractivity contribution >= 4 is 0 Å². The minimum absolute atomic E-state index is 0.364. The number of hydrogen-bond acceptors (Lipinski definition) is 4. The van der Waals surface area contributed by atoms with Crippen molar-refractivity contribution in [1.29, 1.82) is 5.26 Å². The van der Waals surface area contributed by atoms with Crippen LogP contribution in [-0.4, -0.2) is 22.1 Å². The molecule has 2 saturated heterocycles. The van der Waals surface area contributed by atoms with Crippen LogP contribution in [0.25, 0.3) is 0 Å². The van der Waals surface area contributed by atoms with Crippen molar-refractivity contribution in [3.05, 3.63) is 101 Å². The van der Waals surface area contributed by atoms with Gasteiger partial charge in [0.1, 0.15) is 18.4 Å². The highest BCUT2D eigenvalue weighted by atomic mass is 16.5. The van der Waals surface area contributed by atoms with E-state index in [2.05, 4.69) is 41.3 Å². The average Bonchev–Trinajstić information content (AvgIpc) is 3.07. The summed E-state index contributed by atoms with van der Waals surface area (Å²) in [6, 6.07) is 29.0. The molecular weight excluding hydrogens is 396 g/mol. The van der Waals surface area contributed by atoms with Crippen molar-refractivity contribution in [1.82, 2.24) is 4.90 Å². The van der Waals surface area contributed by atoms with Gasteiger partial charge >= 0.3 is 0 Å². The minimum Gasteiger partial charge on any atom is -0.488 e. The lowest BCUT2D eigenvalue weighted by molar-refractivity contribution is -0.0596. The van der Waals surface area contributed by atoms with Gasteiger partial charge in [0.25, 0.3) is 0 Å². The summed E-state index contributed by atoms with van der Waals surface area (Å²) in [6.07, 6.45) is 3.65. The Labute approximate surface area is 189 Å². The van der Waals surface area contributed by atoms with Gasteiger partial charge in [-0.1, -0.05) is 66.7 Å². The first-order valence-electron chi connectivity index (χ1n) is 11.4. The predicted molar refractivity (Wildman–Crippen MR) is 124 cm³/mol. The topological polar surface area (TPSA) is 56.5 Å². The third-order valence-corrected chi connectivity index (χ3v) is 7.00. The molecule has 2 atom stereocenters. The molecule has 2 aliphatic heterocycles. The second kappa shape index (κ2) is 8.78. The van der Waals surface area contributed by atoms with E-state index in [0.29, 0.717) is 42.8 Å². The second-order valence-corrected chi connectivity index (χ2v) is 9.08. The van der Waals surface area contributed by atoms with Crippen LogP contribution in [0.2, 0.25) is 0 Å². The van der Waals surface area contributed by atoms with Gasteiger partial charge in [0.15, 0.2) is 0 Å². The Morgan fingerprint density at radius 1 is 0.906 bits per heavy atom. The molecule has 3 aromatic rings. The molecular formula is C28H28N2O2. The molecule has 32 heavy (non-hydrogen) atoms. The number of ether oxygens (including phenoxy) is 1. The van der Waals surface area contributed by atoms with E-state index in [1.165, 1.54) is 5.56 Å². The summed E-state index contributed by atoms with van der Waals surface area (Å²) in [4.78, 5) is 2.57. The molecule has 4 heteroatoms. The lowest BCUT2D eigenvalue weighted by atomic mass is 9.80. The zero-order valence-corrected chi connectivity index (χ0v) is 18.2. The van der Waals surface area contributed by atoms with Gasteiger partial charge < -0.3 is 9.84 Å². The Bertz CT molecular complexity index is 1090. The van der Waals surface area contributed by atoms with E-state index in [1.807, 2.05) is 42.5 Å². The van der Waals surface area contributed by atoms with E-state index < -0.39 is 5.60 Å². The van der Waals surface area contributed by atoms with Crippen LogP contribution in [0, 0.1) is 11.3 Å². The number of nitrogens with zero attached hydrogens (tertiary/aromatic N) is 2. The van der Waals surface area contributed by atoms with Gasteiger partial charge in [-0.05, 0) is 54.5 Å². The smallest absolute Gasteiger partial charge is 0.137 e. The number of nitriles is 1. The van der Waals surface area contributed by atoms with E-state index in [1.54, 1.807) is 6.07 Å². The fraction of sp³-hybridized carbons (Fsp3) is 0.321. The van der Waals surface area contributed by atoms with E-state index in [-0.39, 0.29) is 0 Å². The maximum atomic E-state index is 11.7. The van der Waals surface area contributed by atoms with Gasteiger partial charge in [0.2, 0.25) is 0 Å². The molecule has 2 unspecified atom stereocenters. The number of aliphatic hydroxyl groups is 1. The maximum Gasteiger partial charge on any atom is 0.137 e. The maximum absolute atomic E-state index is 11.7. The van der Waals surface area contributed by atoms with Gasteiger partial charge in [-0.2, -0.15) is 5.26 Å². The van der Waals surface area contributed by atoms with Gasteiger partial charge in [-0.15, -0.1) is 0 Å². The van der Waals surface area contributed by atoms with Crippen LogP contribution in [0.3, 0.4) is 0 Å². The van der Waals surface area contributed by atoms with Crippen molar-refractivity contribution < 1.29 is 9.84 Å². The van der Waals surface area contributed by atoms with Crippen LogP contribution in [-0.2, 0) is 18.8 Å². The number of fused-ring (bicyclic) bond motifs is 2. The Morgan fingerprint density at radius 2 is 1.53 bits per heavy atom. The van der Waals surface area contributed by atoms with Gasteiger partial charge in [-0.3, -0.25) is 4.90 Å².